The van der Waals surface area contributed by atoms with Crippen LogP contribution in [-0.2, 0) is 23.9 Å². The number of carboxylic acid groups (broad SMARTS) is 1. The molecule has 5 heterocycles. The molecule has 6 aliphatic rings. The van der Waals surface area contributed by atoms with Crippen molar-refractivity contribution in [1.29, 1.82) is 0 Å². The third-order valence-corrected chi connectivity index (χ3v) is 14.8. The Bertz CT molecular complexity index is 2270. The van der Waals surface area contributed by atoms with E-state index in [4.69, 9.17) is 24.5 Å². The molecule has 0 amide bonds. The van der Waals surface area contributed by atoms with Gasteiger partial charge < -0.3 is 25.0 Å². The maximum absolute atomic E-state index is 14.4. The first-order chi connectivity index (χ1) is 32.9. The van der Waals surface area contributed by atoms with E-state index in [2.05, 4.69) is 33.0 Å². The molecule has 0 spiro atoms. The molecule has 6 rings (SSSR count). The number of fused-ring (bicyclic) bond motifs is 5. The average Bonchev–Trinajstić information content (AvgIpc) is 4.06. The highest BCUT2D eigenvalue weighted by atomic mass is 16.5. The van der Waals surface area contributed by atoms with Gasteiger partial charge in [-0.05, 0) is 87.0 Å². The van der Waals surface area contributed by atoms with Crippen LogP contribution < -0.4 is 5.32 Å². The first-order valence-corrected chi connectivity index (χ1v) is 26.5. The molecular formula is C57H80N4O7. The van der Waals surface area contributed by atoms with Gasteiger partial charge in [0, 0.05) is 40.8 Å². The van der Waals surface area contributed by atoms with E-state index >= 15 is 0 Å². The second kappa shape index (κ2) is 25.5. The van der Waals surface area contributed by atoms with Crippen LogP contribution >= 0.6 is 0 Å². The minimum Gasteiger partial charge on any atom is -0.510 e. The number of esters is 2. The highest BCUT2D eigenvalue weighted by Crippen LogP contribution is 2.49. The van der Waals surface area contributed by atoms with Crippen LogP contribution in [0, 0.1) is 17.8 Å². The van der Waals surface area contributed by atoms with Crippen LogP contribution in [0.2, 0.25) is 0 Å². The summed E-state index contributed by atoms with van der Waals surface area (Å²) in [4.78, 5) is 55.8. The molecule has 11 heteroatoms. The largest absolute Gasteiger partial charge is 0.510 e. The summed E-state index contributed by atoms with van der Waals surface area (Å²) in [6.07, 6.45) is 30.3. The van der Waals surface area contributed by atoms with Gasteiger partial charge in [0.05, 0.1) is 53.0 Å². The Hall–Kier alpha value is -5.06. The normalized spacial score (nSPS) is 20.8. The number of nitrogens with zero attached hydrogens (tertiary/aromatic N) is 3. The van der Waals surface area contributed by atoms with Crippen LogP contribution in [-0.4, -0.2) is 58.5 Å². The van der Waals surface area contributed by atoms with E-state index in [1.54, 1.807) is 13.0 Å². The summed E-state index contributed by atoms with van der Waals surface area (Å²) >= 11 is 0. The first kappa shape index (κ1) is 52.3. The van der Waals surface area contributed by atoms with Crippen LogP contribution in [0.4, 0.5) is 0 Å². The molecule has 11 nitrogen and oxygen atoms in total. The fourth-order valence-electron chi connectivity index (χ4n) is 10.6. The number of aliphatic carboxylic acids is 1. The van der Waals surface area contributed by atoms with E-state index in [1.807, 2.05) is 26.0 Å². The molecule has 0 radical (unpaired) electrons. The second-order valence-corrected chi connectivity index (χ2v) is 19.7. The average molecular weight is 933 g/mol. The van der Waals surface area contributed by atoms with Gasteiger partial charge in [-0.1, -0.05) is 143 Å². The Labute approximate surface area is 406 Å². The topological polar surface area (TPSA) is 159 Å². The van der Waals surface area contributed by atoms with E-state index in [-0.39, 0.29) is 42.2 Å². The number of carbonyl (C=O) groups excluding carboxylic acids is 2. The SMILES string of the molecule is CCCCCCCCCCCCOC(=O)CC[C@@H]1C2=C3C4=NC(=C(C)C4=C(O)[C@@H]3C(=O)OCCCCCCCCCCCC)C=C3N=C(C=C4N=C(C=C(N2)[C@H]1C)C(C)=C4C(=O)O)C(C)=C3CC. The lowest BCUT2D eigenvalue weighted by atomic mass is 9.84. The van der Waals surface area contributed by atoms with Gasteiger partial charge >= 0.3 is 17.9 Å². The Kier molecular flexibility index (Phi) is 19.6. The molecule has 1 fully saturated rings. The summed E-state index contributed by atoms with van der Waals surface area (Å²) in [5.74, 6) is -3.64. The van der Waals surface area contributed by atoms with Crippen LogP contribution in [0.1, 0.15) is 196 Å². The molecule has 1 saturated heterocycles. The number of carbonyl (C=O) groups is 3. The van der Waals surface area contributed by atoms with Crippen LogP contribution in [0.25, 0.3) is 0 Å². The molecule has 0 aromatic rings. The molecule has 1 aliphatic carbocycles. The van der Waals surface area contributed by atoms with E-state index in [1.165, 1.54) is 89.9 Å². The van der Waals surface area contributed by atoms with Crippen molar-refractivity contribution in [3.63, 3.8) is 0 Å². The van der Waals surface area contributed by atoms with Crippen LogP contribution in [0.3, 0.4) is 0 Å². The van der Waals surface area contributed by atoms with Gasteiger partial charge in [-0.25, -0.2) is 19.8 Å². The minimum absolute atomic E-state index is 0.0939. The predicted molar refractivity (Wildman–Crippen MR) is 273 cm³/mol. The quantitative estimate of drug-likeness (QED) is 0.0516. The molecule has 3 atom stereocenters. The smallest absolute Gasteiger partial charge is 0.338 e. The van der Waals surface area contributed by atoms with Gasteiger partial charge in [-0.3, -0.25) is 9.59 Å². The molecular weight excluding hydrogens is 853 g/mol. The third kappa shape index (κ3) is 12.6. The molecule has 370 valence electrons. The maximum Gasteiger partial charge on any atom is 0.338 e. The van der Waals surface area contributed by atoms with Gasteiger partial charge in [0.1, 0.15) is 11.7 Å². The zero-order chi connectivity index (χ0) is 48.7. The lowest BCUT2D eigenvalue weighted by Gasteiger charge is -2.21. The van der Waals surface area contributed by atoms with Crippen molar-refractivity contribution in [2.75, 3.05) is 13.2 Å². The number of allylic oxidation sites excluding steroid dienone is 10. The Morgan fingerprint density at radius 2 is 1.21 bits per heavy atom. The standard InChI is InChI=1S/C57H80N4O7/c1-8-11-13-15-17-19-21-23-25-27-31-67-48(62)30-29-41-37(5)43-33-44-38(6)49(56(64)65)47(59-44)35-42-36(4)40(10-3)46(58-42)34-45-39(7)50-54(61-45)51(53(41)60-43)52(55(50)63)57(66)68-32-28-26-24-22-20-18-16-14-12-9-2/h33-35,37,41,52,60,63H,8-32H2,1-7H3,(H,64,65)/t37-,41-,52+/m0/s1. The van der Waals surface area contributed by atoms with Gasteiger partial charge in [-0.15, -0.1) is 0 Å². The summed E-state index contributed by atoms with van der Waals surface area (Å²) in [5.41, 5.74) is 9.06. The Morgan fingerprint density at radius 1 is 0.662 bits per heavy atom. The number of aliphatic hydroxyl groups is 1. The molecule has 0 aromatic carbocycles. The van der Waals surface area contributed by atoms with Crippen molar-refractivity contribution in [3.05, 3.63) is 91.5 Å². The number of aliphatic imine (C=N–C) groups is 3. The van der Waals surface area contributed by atoms with Crippen molar-refractivity contribution in [2.45, 2.75) is 196 Å². The van der Waals surface area contributed by atoms with Gasteiger partial charge in [0.15, 0.2) is 0 Å². The van der Waals surface area contributed by atoms with Crippen molar-refractivity contribution in [3.8, 4) is 0 Å². The third-order valence-electron chi connectivity index (χ3n) is 14.8. The van der Waals surface area contributed by atoms with E-state index < -0.39 is 17.9 Å². The highest BCUT2D eigenvalue weighted by Gasteiger charge is 2.49. The van der Waals surface area contributed by atoms with Crippen molar-refractivity contribution in [1.82, 2.24) is 5.32 Å². The van der Waals surface area contributed by atoms with E-state index in [0.29, 0.717) is 76.1 Å². The monoisotopic (exact) mass is 933 g/mol. The highest BCUT2D eigenvalue weighted by molar-refractivity contribution is 6.24. The van der Waals surface area contributed by atoms with E-state index in [9.17, 15) is 24.6 Å². The van der Waals surface area contributed by atoms with Crippen molar-refractivity contribution >= 4 is 35.0 Å². The molecule has 68 heavy (non-hydrogen) atoms. The number of hydrogen-bond acceptors (Lipinski definition) is 10. The summed E-state index contributed by atoms with van der Waals surface area (Å²) in [6, 6.07) is 0. The van der Waals surface area contributed by atoms with Crippen molar-refractivity contribution in [2.24, 2.45) is 32.7 Å². The van der Waals surface area contributed by atoms with Crippen LogP contribution in [0.15, 0.2) is 106 Å². The summed E-state index contributed by atoms with van der Waals surface area (Å²) in [6.45, 7) is 14.9. The van der Waals surface area contributed by atoms with Gasteiger partial charge in [-0.2, -0.15) is 0 Å². The molecule has 0 unspecified atom stereocenters. The van der Waals surface area contributed by atoms with Crippen molar-refractivity contribution < 1.29 is 34.1 Å². The fourth-order valence-corrected chi connectivity index (χ4v) is 10.6. The minimum atomic E-state index is -1.13. The lowest BCUT2D eigenvalue weighted by molar-refractivity contribution is -0.147. The van der Waals surface area contributed by atoms with Gasteiger partial charge in [0.25, 0.3) is 0 Å². The summed E-state index contributed by atoms with van der Waals surface area (Å²) in [7, 11) is 0. The number of aliphatic hydroxyl groups excluding tert-OH is 1. The first-order valence-electron chi connectivity index (χ1n) is 26.5. The Balaban J connectivity index is 1.29. The second-order valence-electron chi connectivity index (χ2n) is 19.7. The summed E-state index contributed by atoms with van der Waals surface area (Å²) < 4.78 is 11.8. The fraction of sp³-hybridized carbons (Fsp3) is 0.614. The number of rotatable bonds is 28. The number of hydrogen-bond donors (Lipinski definition) is 3. The molecule has 0 saturated carbocycles. The zero-order valence-corrected chi connectivity index (χ0v) is 42.4. The van der Waals surface area contributed by atoms with E-state index in [0.717, 1.165) is 60.9 Å². The molecule has 8 bridgehead atoms. The summed E-state index contributed by atoms with van der Waals surface area (Å²) in [5, 5.41) is 26.4. The number of ether oxygens (including phenoxy) is 2. The molecule has 5 aliphatic heterocycles. The van der Waals surface area contributed by atoms with Gasteiger partial charge in [0.2, 0.25) is 0 Å². The van der Waals surface area contributed by atoms with Crippen LogP contribution in [0.5, 0.6) is 0 Å². The molecule has 3 N–H and O–H groups in total. The lowest BCUT2D eigenvalue weighted by Crippen LogP contribution is -2.26. The number of carboxylic acids is 1. The number of nitrogens with one attached hydrogen (secondary N) is 1. The Morgan fingerprint density at radius 3 is 1.78 bits per heavy atom. The predicted octanol–water partition coefficient (Wildman–Crippen LogP) is 13.7. The number of unbranched alkanes of at least 4 members (excludes halogenated alkanes) is 18. The molecule has 0 aromatic heterocycles. The maximum atomic E-state index is 14.4. The zero-order valence-electron chi connectivity index (χ0n) is 42.4.